The summed E-state index contributed by atoms with van der Waals surface area (Å²) in [4.78, 5) is 35.1. The van der Waals surface area contributed by atoms with E-state index in [4.69, 9.17) is 4.74 Å². The van der Waals surface area contributed by atoms with E-state index in [2.05, 4.69) is 10.6 Å². The third kappa shape index (κ3) is 5.64. The van der Waals surface area contributed by atoms with Crippen LogP contribution in [-0.2, 0) is 9.59 Å². The summed E-state index contributed by atoms with van der Waals surface area (Å²) in [5.41, 5.74) is 3.66. The van der Waals surface area contributed by atoms with Gasteiger partial charge in [0.15, 0.2) is 12.4 Å². The van der Waals surface area contributed by atoms with E-state index >= 15 is 0 Å². The highest BCUT2D eigenvalue weighted by Gasteiger charge is 2.12. The third-order valence-electron chi connectivity index (χ3n) is 4.08. The average molecular weight is 386 g/mol. The second-order valence-electron chi connectivity index (χ2n) is 6.59. The molecule has 6 nitrogen and oxygen atoms in total. The van der Waals surface area contributed by atoms with Crippen molar-refractivity contribution in [2.75, 3.05) is 18.5 Å². The third-order valence-corrected chi connectivity index (χ3v) is 4.08. The van der Waals surface area contributed by atoms with Crippen LogP contribution in [0.4, 0.5) is 10.1 Å². The Bertz CT molecular complexity index is 902. The van der Waals surface area contributed by atoms with E-state index in [0.29, 0.717) is 0 Å². The predicted molar refractivity (Wildman–Crippen MR) is 104 cm³/mol. The number of carbonyl (C=O) groups excluding carboxylic acids is 3. The molecule has 0 aliphatic heterocycles. The van der Waals surface area contributed by atoms with Crippen LogP contribution in [0, 0.1) is 26.6 Å². The number of benzene rings is 2. The fourth-order valence-corrected chi connectivity index (χ4v) is 2.81. The second-order valence-corrected chi connectivity index (χ2v) is 6.59. The molecule has 7 heteroatoms. The van der Waals surface area contributed by atoms with Gasteiger partial charge in [-0.2, -0.15) is 0 Å². The molecular formula is C21H23FN2O4. The number of carbonyl (C=O) groups is 3. The highest BCUT2D eigenvalue weighted by atomic mass is 19.1. The van der Waals surface area contributed by atoms with Gasteiger partial charge in [0.25, 0.3) is 5.91 Å². The van der Waals surface area contributed by atoms with Gasteiger partial charge in [-0.15, -0.1) is 0 Å². The number of nitrogens with one attached hydrogen (secondary N) is 2. The van der Waals surface area contributed by atoms with Crippen molar-refractivity contribution in [2.45, 2.75) is 27.7 Å². The Morgan fingerprint density at radius 2 is 1.64 bits per heavy atom. The molecule has 0 bridgehead atoms. The Balaban J connectivity index is 1.83. The summed E-state index contributed by atoms with van der Waals surface area (Å²) >= 11 is 0. The van der Waals surface area contributed by atoms with Crippen molar-refractivity contribution in [3.63, 3.8) is 0 Å². The van der Waals surface area contributed by atoms with Gasteiger partial charge in [-0.1, -0.05) is 17.7 Å². The topological polar surface area (TPSA) is 84.5 Å². The zero-order valence-electron chi connectivity index (χ0n) is 16.3. The summed E-state index contributed by atoms with van der Waals surface area (Å²) in [6, 6.07) is 7.67. The standard InChI is InChI=1S/C21H23FN2O4/c1-12-7-13(2)21(14(3)8-12)24-19(26)10-23-20(27)11-28-16-5-6-17(15(4)25)18(22)9-16/h5-9H,10-11H2,1-4H3,(H,23,27)(H,24,26). The first-order valence-electron chi connectivity index (χ1n) is 8.75. The summed E-state index contributed by atoms with van der Waals surface area (Å²) in [7, 11) is 0. The lowest BCUT2D eigenvalue weighted by Crippen LogP contribution is -2.36. The number of aryl methyl sites for hydroxylation is 3. The average Bonchev–Trinajstić information content (AvgIpc) is 2.61. The van der Waals surface area contributed by atoms with E-state index in [9.17, 15) is 18.8 Å². The molecule has 2 N–H and O–H groups in total. The Hall–Kier alpha value is -3.22. The molecule has 0 spiro atoms. The lowest BCUT2D eigenvalue weighted by molar-refractivity contribution is -0.125. The molecule has 0 atom stereocenters. The van der Waals surface area contributed by atoms with Crippen molar-refractivity contribution in [3.05, 3.63) is 58.4 Å². The minimum Gasteiger partial charge on any atom is -0.484 e. The fraction of sp³-hybridized carbons (Fsp3) is 0.286. The zero-order valence-corrected chi connectivity index (χ0v) is 16.3. The van der Waals surface area contributed by atoms with Crippen molar-refractivity contribution in [2.24, 2.45) is 0 Å². The van der Waals surface area contributed by atoms with Crippen molar-refractivity contribution < 1.29 is 23.5 Å². The monoisotopic (exact) mass is 386 g/mol. The van der Waals surface area contributed by atoms with Gasteiger partial charge in [-0.05, 0) is 51.0 Å². The van der Waals surface area contributed by atoms with Gasteiger partial charge in [0.05, 0.1) is 12.1 Å². The lowest BCUT2D eigenvalue weighted by Gasteiger charge is -2.13. The van der Waals surface area contributed by atoms with Crippen LogP contribution in [0.2, 0.25) is 0 Å². The normalized spacial score (nSPS) is 10.3. The molecule has 2 rings (SSSR count). The van der Waals surface area contributed by atoms with Crippen LogP contribution in [-0.4, -0.2) is 30.7 Å². The lowest BCUT2D eigenvalue weighted by atomic mass is 10.1. The maximum atomic E-state index is 13.7. The number of rotatable bonds is 7. The Morgan fingerprint density at radius 1 is 1.00 bits per heavy atom. The van der Waals surface area contributed by atoms with Crippen LogP contribution < -0.4 is 15.4 Å². The fourth-order valence-electron chi connectivity index (χ4n) is 2.81. The van der Waals surface area contributed by atoms with E-state index < -0.39 is 17.5 Å². The number of amides is 2. The first-order valence-corrected chi connectivity index (χ1v) is 8.75. The molecule has 0 heterocycles. The first-order chi connectivity index (χ1) is 13.2. The molecule has 148 valence electrons. The van der Waals surface area contributed by atoms with Crippen LogP contribution in [0.15, 0.2) is 30.3 Å². The van der Waals surface area contributed by atoms with Crippen LogP contribution in [0.5, 0.6) is 5.75 Å². The molecule has 0 saturated heterocycles. The van der Waals surface area contributed by atoms with E-state index in [1.165, 1.54) is 19.1 Å². The molecule has 0 saturated carbocycles. The molecule has 0 aromatic heterocycles. The molecule has 0 aliphatic carbocycles. The Kier molecular flexibility index (Phi) is 6.87. The molecule has 0 unspecified atom stereocenters. The number of ether oxygens (including phenoxy) is 1. The van der Waals surface area contributed by atoms with E-state index in [1.54, 1.807) is 0 Å². The number of anilines is 1. The van der Waals surface area contributed by atoms with Crippen LogP contribution >= 0.6 is 0 Å². The zero-order chi connectivity index (χ0) is 20.8. The summed E-state index contributed by atoms with van der Waals surface area (Å²) in [6.07, 6.45) is 0. The first kappa shape index (κ1) is 21.1. The Labute approximate surface area is 163 Å². The number of halogens is 1. The SMILES string of the molecule is CC(=O)c1ccc(OCC(=O)NCC(=O)Nc2c(C)cc(C)cc2C)cc1F. The maximum absolute atomic E-state index is 13.7. The summed E-state index contributed by atoms with van der Waals surface area (Å²) in [6.45, 7) is 6.45. The van der Waals surface area contributed by atoms with Gasteiger partial charge in [-0.3, -0.25) is 14.4 Å². The minimum absolute atomic E-state index is 0.0461. The van der Waals surface area contributed by atoms with E-state index in [0.717, 1.165) is 28.4 Å². The van der Waals surface area contributed by atoms with E-state index in [1.807, 2.05) is 32.9 Å². The molecule has 0 aliphatic rings. The predicted octanol–water partition coefficient (Wildman–Crippen LogP) is 3.09. The number of hydrogen-bond donors (Lipinski definition) is 2. The molecule has 0 fully saturated rings. The number of hydrogen-bond acceptors (Lipinski definition) is 4. The Morgan fingerprint density at radius 3 is 2.21 bits per heavy atom. The molecule has 0 radical (unpaired) electrons. The largest absolute Gasteiger partial charge is 0.484 e. The number of Topliss-reactive ketones (excluding diaryl/α,β-unsaturated/α-hetero) is 1. The van der Waals surface area contributed by atoms with Gasteiger partial charge < -0.3 is 15.4 Å². The van der Waals surface area contributed by atoms with Gasteiger partial charge >= 0.3 is 0 Å². The molecular weight excluding hydrogens is 363 g/mol. The van der Waals surface area contributed by atoms with Crippen molar-refractivity contribution in [1.29, 1.82) is 0 Å². The summed E-state index contributed by atoms with van der Waals surface area (Å²) in [5, 5.41) is 5.23. The second kappa shape index (κ2) is 9.12. The van der Waals surface area contributed by atoms with Crippen LogP contribution in [0.1, 0.15) is 34.0 Å². The summed E-state index contributed by atoms with van der Waals surface area (Å²) < 4.78 is 18.9. The minimum atomic E-state index is -0.714. The van der Waals surface area contributed by atoms with Crippen LogP contribution in [0.3, 0.4) is 0 Å². The van der Waals surface area contributed by atoms with Crippen molar-refractivity contribution >= 4 is 23.3 Å². The molecule has 28 heavy (non-hydrogen) atoms. The quantitative estimate of drug-likeness (QED) is 0.716. The molecule has 2 aromatic rings. The van der Waals surface area contributed by atoms with Gasteiger partial charge in [0.2, 0.25) is 5.91 Å². The molecule has 2 amide bonds. The smallest absolute Gasteiger partial charge is 0.258 e. The highest BCUT2D eigenvalue weighted by molar-refractivity contribution is 5.96. The number of ketones is 1. The van der Waals surface area contributed by atoms with Crippen molar-refractivity contribution in [1.82, 2.24) is 5.32 Å². The summed E-state index contributed by atoms with van der Waals surface area (Å²) in [5.74, 6) is -1.88. The van der Waals surface area contributed by atoms with Gasteiger partial charge in [0, 0.05) is 11.8 Å². The van der Waals surface area contributed by atoms with Crippen LogP contribution in [0.25, 0.3) is 0 Å². The maximum Gasteiger partial charge on any atom is 0.258 e. The molecule has 2 aromatic carbocycles. The van der Waals surface area contributed by atoms with Gasteiger partial charge in [-0.25, -0.2) is 4.39 Å². The highest BCUT2D eigenvalue weighted by Crippen LogP contribution is 2.21. The van der Waals surface area contributed by atoms with Crippen molar-refractivity contribution in [3.8, 4) is 5.75 Å². The van der Waals surface area contributed by atoms with Gasteiger partial charge in [0.1, 0.15) is 11.6 Å². The van der Waals surface area contributed by atoms with E-state index in [-0.39, 0.29) is 30.4 Å².